The second-order valence-corrected chi connectivity index (χ2v) is 5.65. The fourth-order valence-corrected chi connectivity index (χ4v) is 2.82. The smallest absolute Gasteiger partial charge is 0.267 e. The molecule has 0 spiro atoms. The van der Waals surface area contributed by atoms with Gasteiger partial charge in [0.2, 0.25) is 0 Å². The number of rotatable bonds is 4. The molecule has 106 valence electrons. The summed E-state index contributed by atoms with van der Waals surface area (Å²) in [6.07, 6.45) is 5.28. The van der Waals surface area contributed by atoms with Crippen molar-refractivity contribution in [2.45, 2.75) is 45.3 Å². The number of nitrogens with one attached hydrogen (secondary N) is 1. The fourth-order valence-electron chi connectivity index (χ4n) is 2.60. The number of hydrogen-bond acceptors (Lipinski definition) is 2. The van der Waals surface area contributed by atoms with Gasteiger partial charge in [0.05, 0.1) is 11.1 Å². The van der Waals surface area contributed by atoms with Gasteiger partial charge in [0, 0.05) is 19.3 Å². The number of aryl methyl sites for hydroxylation is 1. The molecule has 1 aliphatic carbocycles. The van der Waals surface area contributed by atoms with Crippen LogP contribution in [0, 0.1) is 5.92 Å². The van der Waals surface area contributed by atoms with Crippen LogP contribution in [0.15, 0.2) is 12.3 Å². The van der Waals surface area contributed by atoms with Crippen LogP contribution in [0.2, 0.25) is 5.02 Å². The van der Waals surface area contributed by atoms with Gasteiger partial charge in [0.1, 0.15) is 5.69 Å². The van der Waals surface area contributed by atoms with Crippen molar-refractivity contribution in [2.75, 3.05) is 6.54 Å². The Balaban J connectivity index is 1.87. The lowest BCUT2D eigenvalue weighted by atomic mass is 9.87. The average molecular weight is 285 g/mol. The molecule has 0 aromatic carbocycles. The van der Waals surface area contributed by atoms with E-state index in [4.69, 9.17) is 11.6 Å². The number of amides is 1. The molecule has 0 bridgehead atoms. The molecule has 19 heavy (non-hydrogen) atoms. The van der Waals surface area contributed by atoms with E-state index in [1.807, 2.05) is 11.5 Å². The number of aromatic nitrogens is 1. The van der Waals surface area contributed by atoms with Crippen LogP contribution in [-0.2, 0) is 6.54 Å². The first-order valence-corrected chi connectivity index (χ1v) is 7.30. The SMILES string of the molecule is CCn1cc(Cl)cc1C(=O)NCC1CCC(O)CC1. The van der Waals surface area contributed by atoms with E-state index in [1.54, 1.807) is 12.3 Å². The molecule has 1 amide bonds. The Kier molecular flexibility index (Phi) is 4.88. The highest BCUT2D eigenvalue weighted by Gasteiger charge is 2.20. The molecule has 2 N–H and O–H groups in total. The lowest BCUT2D eigenvalue weighted by molar-refractivity contribution is 0.0902. The van der Waals surface area contributed by atoms with Crippen LogP contribution in [0.1, 0.15) is 43.1 Å². The predicted octanol–water partition coefficient (Wildman–Crippen LogP) is 2.44. The monoisotopic (exact) mass is 284 g/mol. The van der Waals surface area contributed by atoms with Crippen molar-refractivity contribution in [1.29, 1.82) is 0 Å². The molecular weight excluding hydrogens is 264 g/mol. The lowest BCUT2D eigenvalue weighted by Crippen LogP contribution is -2.33. The van der Waals surface area contributed by atoms with Crippen molar-refractivity contribution in [3.8, 4) is 0 Å². The minimum atomic E-state index is -0.150. The molecule has 4 nitrogen and oxygen atoms in total. The molecule has 2 rings (SSSR count). The number of hydrogen-bond donors (Lipinski definition) is 2. The van der Waals surface area contributed by atoms with Gasteiger partial charge < -0.3 is 15.0 Å². The summed E-state index contributed by atoms with van der Waals surface area (Å²) in [6.45, 7) is 3.39. The Hall–Kier alpha value is -1.00. The maximum Gasteiger partial charge on any atom is 0.267 e. The Morgan fingerprint density at radius 1 is 1.47 bits per heavy atom. The first-order chi connectivity index (χ1) is 9.10. The second-order valence-electron chi connectivity index (χ2n) is 5.21. The normalized spacial score (nSPS) is 23.3. The maximum absolute atomic E-state index is 12.1. The largest absolute Gasteiger partial charge is 0.393 e. The van der Waals surface area contributed by atoms with Gasteiger partial charge in [-0.3, -0.25) is 4.79 Å². The molecule has 0 saturated heterocycles. The Morgan fingerprint density at radius 2 is 2.16 bits per heavy atom. The van der Waals surface area contributed by atoms with Gasteiger partial charge >= 0.3 is 0 Å². The first-order valence-electron chi connectivity index (χ1n) is 6.92. The van der Waals surface area contributed by atoms with Gasteiger partial charge in [-0.25, -0.2) is 0 Å². The van der Waals surface area contributed by atoms with Crippen molar-refractivity contribution < 1.29 is 9.90 Å². The third-order valence-corrected chi connectivity index (χ3v) is 4.01. The summed E-state index contributed by atoms with van der Waals surface area (Å²) in [5, 5.41) is 13.0. The Morgan fingerprint density at radius 3 is 2.79 bits per heavy atom. The summed E-state index contributed by atoms with van der Waals surface area (Å²) in [5.41, 5.74) is 0.614. The summed E-state index contributed by atoms with van der Waals surface area (Å²) in [4.78, 5) is 12.1. The zero-order valence-corrected chi connectivity index (χ0v) is 12.0. The number of carbonyl (C=O) groups is 1. The molecular formula is C14H21ClN2O2. The zero-order chi connectivity index (χ0) is 13.8. The Bertz CT molecular complexity index is 437. The standard InChI is InChI=1S/C14H21ClN2O2/c1-2-17-9-11(15)7-13(17)14(19)16-8-10-3-5-12(18)6-4-10/h7,9-10,12,18H,2-6,8H2,1H3,(H,16,19). The number of aliphatic hydroxyl groups excluding tert-OH is 1. The lowest BCUT2D eigenvalue weighted by Gasteiger charge is -2.25. The quantitative estimate of drug-likeness (QED) is 0.892. The minimum Gasteiger partial charge on any atom is -0.393 e. The molecule has 1 saturated carbocycles. The van der Waals surface area contributed by atoms with Gasteiger partial charge in [0.15, 0.2) is 0 Å². The van der Waals surface area contributed by atoms with E-state index < -0.39 is 0 Å². The van der Waals surface area contributed by atoms with Crippen LogP contribution in [0.5, 0.6) is 0 Å². The van der Waals surface area contributed by atoms with Crippen molar-refractivity contribution in [3.05, 3.63) is 23.0 Å². The van der Waals surface area contributed by atoms with Gasteiger partial charge in [-0.2, -0.15) is 0 Å². The highest BCUT2D eigenvalue weighted by atomic mass is 35.5. The number of nitrogens with zero attached hydrogens (tertiary/aromatic N) is 1. The summed E-state index contributed by atoms with van der Waals surface area (Å²) in [6, 6.07) is 1.70. The highest BCUT2D eigenvalue weighted by Crippen LogP contribution is 2.23. The molecule has 0 atom stereocenters. The number of aliphatic hydroxyl groups is 1. The van der Waals surface area contributed by atoms with E-state index in [0.29, 0.717) is 23.2 Å². The topological polar surface area (TPSA) is 54.3 Å². The van der Waals surface area contributed by atoms with Crippen molar-refractivity contribution in [3.63, 3.8) is 0 Å². The van der Waals surface area contributed by atoms with Crippen LogP contribution in [0.3, 0.4) is 0 Å². The number of halogens is 1. The van der Waals surface area contributed by atoms with E-state index >= 15 is 0 Å². The van der Waals surface area contributed by atoms with Crippen molar-refractivity contribution in [1.82, 2.24) is 9.88 Å². The van der Waals surface area contributed by atoms with E-state index in [2.05, 4.69) is 5.32 Å². The summed E-state index contributed by atoms with van der Waals surface area (Å²) in [5.74, 6) is 0.410. The molecule has 0 aliphatic heterocycles. The van der Waals surface area contributed by atoms with Crippen molar-refractivity contribution >= 4 is 17.5 Å². The molecule has 0 radical (unpaired) electrons. The molecule has 1 fully saturated rings. The maximum atomic E-state index is 12.1. The van der Waals surface area contributed by atoms with Crippen LogP contribution >= 0.6 is 11.6 Å². The van der Waals surface area contributed by atoms with Gasteiger partial charge in [0.25, 0.3) is 5.91 Å². The second kappa shape index (κ2) is 6.44. The predicted molar refractivity (Wildman–Crippen MR) is 75.4 cm³/mol. The highest BCUT2D eigenvalue weighted by molar-refractivity contribution is 6.31. The van der Waals surface area contributed by atoms with Crippen LogP contribution in [0.4, 0.5) is 0 Å². The van der Waals surface area contributed by atoms with Crippen LogP contribution in [-0.4, -0.2) is 28.2 Å². The summed E-state index contributed by atoms with van der Waals surface area (Å²) < 4.78 is 1.85. The zero-order valence-electron chi connectivity index (χ0n) is 11.2. The third-order valence-electron chi connectivity index (χ3n) is 3.80. The molecule has 1 heterocycles. The van der Waals surface area contributed by atoms with Gasteiger partial charge in [-0.1, -0.05) is 11.6 Å². The first kappa shape index (κ1) is 14.4. The summed E-state index contributed by atoms with van der Waals surface area (Å²) >= 11 is 5.92. The minimum absolute atomic E-state index is 0.0696. The van der Waals surface area contributed by atoms with Gasteiger partial charge in [-0.05, 0) is 44.6 Å². The summed E-state index contributed by atoms with van der Waals surface area (Å²) in [7, 11) is 0. The van der Waals surface area contributed by atoms with E-state index in [-0.39, 0.29) is 12.0 Å². The average Bonchev–Trinajstić information content (AvgIpc) is 2.79. The van der Waals surface area contributed by atoms with Crippen LogP contribution in [0.25, 0.3) is 0 Å². The van der Waals surface area contributed by atoms with E-state index in [0.717, 1.165) is 32.2 Å². The molecule has 1 aromatic heterocycles. The molecule has 1 aliphatic rings. The van der Waals surface area contributed by atoms with Crippen molar-refractivity contribution in [2.24, 2.45) is 5.92 Å². The molecule has 1 aromatic rings. The van der Waals surface area contributed by atoms with Gasteiger partial charge in [-0.15, -0.1) is 0 Å². The Labute approximate surface area is 118 Å². The molecule has 5 heteroatoms. The molecule has 0 unspecified atom stereocenters. The van der Waals surface area contributed by atoms with E-state index in [1.165, 1.54) is 0 Å². The van der Waals surface area contributed by atoms with Crippen LogP contribution < -0.4 is 5.32 Å². The fraction of sp³-hybridized carbons (Fsp3) is 0.643. The number of carbonyl (C=O) groups excluding carboxylic acids is 1. The third kappa shape index (κ3) is 3.74. The van der Waals surface area contributed by atoms with E-state index in [9.17, 15) is 9.90 Å².